The van der Waals surface area contributed by atoms with Crippen LogP contribution in [-0.2, 0) is 17.8 Å². The first-order valence-electron chi connectivity index (χ1n) is 8.28. The Balaban J connectivity index is 1.53. The van der Waals surface area contributed by atoms with Gasteiger partial charge in [-0.05, 0) is 53.9 Å². The van der Waals surface area contributed by atoms with Gasteiger partial charge in [0.25, 0.3) is 0 Å². The Labute approximate surface area is 147 Å². The average Bonchev–Trinajstić information content (AvgIpc) is 2.64. The molecule has 0 aliphatic rings. The highest BCUT2D eigenvalue weighted by Crippen LogP contribution is 2.15. The minimum absolute atomic E-state index is 0.00892. The second-order valence-corrected chi connectivity index (χ2v) is 5.94. The van der Waals surface area contributed by atoms with Crippen molar-refractivity contribution in [2.45, 2.75) is 19.9 Å². The summed E-state index contributed by atoms with van der Waals surface area (Å²) in [5.41, 5.74) is 5.10. The second-order valence-electron chi connectivity index (χ2n) is 5.94. The predicted molar refractivity (Wildman–Crippen MR) is 102 cm³/mol. The highest BCUT2D eigenvalue weighted by atomic mass is 16.1. The number of carbonyl (C=O) groups is 1. The van der Waals surface area contributed by atoms with Crippen LogP contribution >= 0.6 is 0 Å². The molecule has 1 heterocycles. The van der Waals surface area contributed by atoms with E-state index in [-0.39, 0.29) is 5.91 Å². The molecule has 1 amide bonds. The van der Waals surface area contributed by atoms with Gasteiger partial charge in [0.2, 0.25) is 5.91 Å². The molecule has 0 spiro atoms. The molecule has 2 N–H and O–H groups in total. The minimum atomic E-state index is -0.00892. The summed E-state index contributed by atoms with van der Waals surface area (Å²) in [4.78, 5) is 16.3. The quantitative estimate of drug-likeness (QED) is 0.712. The Hall–Kier alpha value is -3.14. The molecule has 0 bridgehead atoms. The molecule has 0 saturated carbocycles. The van der Waals surface area contributed by atoms with Gasteiger partial charge < -0.3 is 10.6 Å². The highest BCUT2D eigenvalue weighted by molar-refractivity contribution is 5.92. The van der Waals surface area contributed by atoms with Gasteiger partial charge >= 0.3 is 0 Å². The zero-order chi connectivity index (χ0) is 17.5. The lowest BCUT2D eigenvalue weighted by molar-refractivity contribution is -0.115. The van der Waals surface area contributed by atoms with Gasteiger partial charge in [-0.2, -0.15) is 0 Å². The number of rotatable bonds is 6. The summed E-state index contributed by atoms with van der Waals surface area (Å²) in [5.74, 6) is -0.00892. The van der Waals surface area contributed by atoms with Crippen LogP contribution in [0.3, 0.4) is 0 Å². The van der Waals surface area contributed by atoms with E-state index in [2.05, 4.69) is 15.6 Å². The first kappa shape index (κ1) is 16.7. The summed E-state index contributed by atoms with van der Waals surface area (Å²) in [6, 6.07) is 19.6. The van der Waals surface area contributed by atoms with Crippen molar-refractivity contribution in [2.75, 3.05) is 10.6 Å². The molecule has 2 aromatic carbocycles. The first-order valence-corrected chi connectivity index (χ1v) is 8.28. The van der Waals surface area contributed by atoms with Gasteiger partial charge in [0.1, 0.15) is 0 Å². The molecule has 1 aromatic heterocycles. The van der Waals surface area contributed by atoms with Gasteiger partial charge in [-0.3, -0.25) is 9.78 Å². The number of nitrogens with one attached hydrogen (secondary N) is 2. The van der Waals surface area contributed by atoms with Crippen LogP contribution in [0.15, 0.2) is 73.1 Å². The van der Waals surface area contributed by atoms with Crippen LogP contribution in [-0.4, -0.2) is 10.9 Å². The lowest BCUT2D eigenvalue weighted by Crippen LogP contribution is -2.15. The predicted octanol–water partition coefficient (Wildman–Crippen LogP) is 4.18. The molecule has 0 radical (unpaired) electrons. The van der Waals surface area contributed by atoms with Crippen molar-refractivity contribution in [3.8, 4) is 0 Å². The van der Waals surface area contributed by atoms with Gasteiger partial charge in [0.05, 0.1) is 6.42 Å². The summed E-state index contributed by atoms with van der Waals surface area (Å²) in [6.45, 7) is 2.73. The maximum Gasteiger partial charge on any atom is 0.228 e. The van der Waals surface area contributed by atoms with Gasteiger partial charge in [-0.25, -0.2) is 0 Å². The number of hydrogen-bond donors (Lipinski definition) is 2. The third-order valence-electron chi connectivity index (χ3n) is 4.00. The Morgan fingerprint density at radius 3 is 2.44 bits per heavy atom. The lowest BCUT2D eigenvalue weighted by Gasteiger charge is -2.09. The molecule has 0 aliphatic carbocycles. The van der Waals surface area contributed by atoms with Crippen LogP contribution in [0.25, 0.3) is 0 Å². The fraction of sp³-hybridized carbons (Fsp3) is 0.143. The Bertz CT molecular complexity index is 829. The normalized spacial score (nSPS) is 10.3. The zero-order valence-corrected chi connectivity index (χ0v) is 14.2. The maximum atomic E-state index is 12.2. The van der Waals surface area contributed by atoms with Crippen LogP contribution in [0.4, 0.5) is 11.4 Å². The average molecular weight is 331 g/mol. The van der Waals surface area contributed by atoms with Gasteiger partial charge in [0.15, 0.2) is 0 Å². The molecule has 25 heavy (non-hydrogen) atoms. The number of carbonyl (C=O) groups excluding carboxylic acids is 1. The van der Waals surface area contributed by atoms with E-state index >= 15 is 0 Å². The van der Waals surface area contributed by atoms with Crippen molar-refractivity contribution < 1.29 is 4.79 Å². The topological polar surface area (TPSA) is 54.0 Å². The van der Waals surface area contributed by atoms with Gasteiger partial charge in [0, 0.05) is 30.3 Å². The van der Waals surface area contributed by atoms with E-state index in [1.165, 1.54) is 0 Å². The largest absolute Gasteiger partial charge is 0.381 e. The second kappa shape index (κ2) is 8.11. The summed E-state index contributed by atoms with van der Waals surface area (Å²) in [5, 5.41) is 6.28. The zero-order valence-electron chi connectivity index (χ0n) is 14.2. The van der Waals surface area contributed by atoms with Crippen molar-refractivity contribution in [3.63, 3.8) is 0 Å². The molecule has 0 saturated heterocycles. The van der Waals surface area contributed by atoms with E-state index in [1.807, 2.05) is 73.8 Å². The molecule has 3 aromatic rings. The van der Waals surface area contributed by atoms with Crippen molar-refractivity contribution in [1.82, 2.24) is 4.98 Å². The number of amides is 1. The third-order valence-corrected chi connectivity index (χ3v) is 4.00. The molecule has 0 fully saturated rings. The SMILES string of the molecule is Cc1ccccc1CC(=O)Nc1ccc(NCc2cccnc2)cc1. The van der Waals surface area contributed by atoms with E-state index in [4.69, 9.17) is 0 Å². The summed E-state index contributed by atoms with van der Waals surface area (Å²) >= 11 is 0. The maximum absolute atomic E-state index is 12.2. The Morgan fingerprint density at radius 1 is 0.960 bits per heavy atom. The number of aromatic nitrogens is 1. The van der Waals surface area contributed by atoms with Crippen molar-refractivity contribution in [2.24, 2.45) is 0 Å². The van der Waals surface area contributed by atoms with E-state index in [0.717, 1.165) is 28.1 Å². The highest BCUT2D eigenvalue weighted by Gasteiger charge is 2.06. The smallest absolute Gasteiger partial charge is 0.228 e. The molecular weight excluding hydrogens is 310 g/mol. The van der Waals surface area contributed by atoms with Crippen LogP contribution in [0.5, 0.6) is 0 Å². The number of aryl methyl sites for hydroxylation is 1. The molecule has 4 heteroatoms. The van der Waals surface area contributed by atoms with E-state index < -0.39 is 0 Å². The van der Waals surface area contributed by atoms with Crippen LogP contribution < -0.4 is 10.6 Å². The number of pyridine rings is 1. The fourth-order valence-electron chi connectivity index (χ4n) is 2.56. The van der Waals surface area contributed by atoms with E-state index in [1.54, 1.807) is 6.20 Å². The van der Waals surface area contributed by atoms with Crippen molar-refractivity contribution in [1.29, 1.82) is 0 Å². The minimum Gasteiger partial charge on any atom is -0.381 e. The summed E-state index contributed by atoms with van der Waals surface area (Å²) < 4.78 is 0. The molecule has 3 rings (SSSR count). The van der Waals surface area contributed by atoms with Crippen LogP contribution in [0, 0.1) is 6.92 Å². The third kappa shape index (κ3) is 4.91. The molecule has 0 atom stereocenters. The summed E-state index contributed by atoms with van der Waals surface area (Å²) in [6.07, 6.45) is 3.98. The first-order chi connectivity index (χ1) is 12.2. The molecular formula is C21H21N3O. The molecule has 0 unspecified atom stereocenters. The van der Waals surface area contributed by atoms with E-state index in [9.17, 15) is 4.79 Å². The Kier molecular flexibility index (Phi) is 5.42. The number of nitrogens with zero attached hydrogens (tertiary/aromatic N) is 1. The van der Waals surface area contributed by atoms with Crippen molar-refractivity contribution in [3.05, 3.63) is 89.7 Å². The molecule has 0 aliphatic heterocycles. The fourth-order valence-corrected chi connectivity index (χ4v) is 2.56. The summed E-state index contributed by atoms with van der Waals surface area (Å²) in [7, 11) is 0. The van der Waals surface area contributed by atoms with Crippen LogP contribution in [0.2, 0.25) is 0 Å². The number of hydrogen-bond acceptors (Lipinski definition) is 3. The molecule has 4 nitrogen and oxygen atoms in total. The van der Waals surface area contributed by atoms with Crippen molar-refractivity contribution >= 4 is 17.3 Å². The van der Waals surface area contributed by atoms with Gasteiger partial charge in [-0.1, -0.05) is 30.3 Å². The number of benzene rings is 2. The number of anilines is 2. The monoisotopic (exact) mass is 331 g/mol. The standard InChI is InChI=1S/C21H21N3O/c1-16-5-2-3-7-18(16)13-21(25)24-20-10-8-19(9-11-20)23-15-17-6-4-12-22-14-17/h2-12,14,23H,13,15H2,1H3,(H,24,25). The lowest BCUT2D eigenvalue weighted by atomic mass is 10.1. The Morgan fingerprint density at radius 2 is 1.72 bits per heavy atom. The van der Waals surface area contributed by atoms with Crippen LogP contribution in [0.1, 0.15) is 16.7 Å². The van der Waals surface area contributed by atoms with Gasteiger partial charge in [-0.15, -0.1) is 0 Å². The van der Waals surface area contributed by atoms with E-state index in [0.29, 0.717) is 13.0 Å². The molecule has 126 valence electrons.